The van der Waals surface area contributed by atoms with Crippen LogP contribution >= 0.6 is 0 Å². The summed E-state index contributed by atoms with van der Waals surface area (Å²) in [6, 6.07) is 15.9. The monoisotopic (exact) mass is 473 g/mol. The molecule has 3 heterocycles. The van der Waals surface area contributed by atoms with E-state index in [0.717, 1.165) is 74.0 Å². The van der Waals surface area contributed by atoms with Crippen LogP contribution in [0.1, 0.15) is 54.2 Å². The molecule has 2 amide bonds. The van der Waals surface area contributed by atoms with Gasteiger partial charge in [-0.05, 0) is 48.9 Å². The number of ether oxygens (including phenoxy) is 1. The maximum Gasteiger partial charge on any atom is 0.276 e. The molecule has 0 radical (unpaired) electrons. The van der Waals surface area contributed by atoms with Gasteiger partial charge in [0.15, 0.2) is 5.69 Å². The van der Waals surface area contributed by atoms with Gasteiger partial charge in [-0.15, -0.1) is 0 Å². The van der Waals surface area contributed by atoms with Crippen molar-refractivity contribution in [1.82, 2.24) is 20.6 Å². The molecule has 4 unspecified atom stereocenters. The molecule has 35 heavy (non-hydrogen) atoms. The average molecular weight is 474 g/mol. The zero-order chi connectivity index (χ0) is 23.8. The third kappa shape index (κ3) is 4.32. The van der Waals surface area contributed by atoms with Crippen LogP contribution in [-0.2, 0) is 16.1 Å². The zero-order valence-corrected chi connectivity index (χ0v) is 19.7. The molecular weight excluding hydrogens is 442 g/mol. The number of fused-ring (bicyclic) bond motifs is 2. The van der Waals surface area contributed by atoms with E-state index in [-0.39, 0.29) is 23.8 Å². The first kappa shape index (κ1) is 22.2. The van der Waals surface area contributed by atoms with Gasteiger partial charge < -0.3 is 10.1 Å². The third-order valence-electron chi connectivity index (χ3n) is 7.79. The molecule has 6 rings (SSSR count). The summed E-state index contributed by atoms with van der Waals surface area (Å²) in [6.45, 7) is 2.27. The number of para-hydroxylation sites is 1. The lowest BCUT2D eigenvalue weighted by Gasteiger charge is -2.41. The van der Waals surface area contributed by atoms with E-state index in [1.165, 1.54) is 0 Å². The molecule has 1 saturated carbocycles. The third-order valence-corrected chi connectivity index (χ3v) is 7.79. The van der Waals surface area contributed by atoms with Crippen LogP contribution in [0.2, 0.25) is 0 Å². The van der Waals surface area contributed by atoms with Gasteiger partial charge in [0.2, 0.25) is 5.91 Å². The largest absolute Gasteiger partial charge is 0.381 e. The van der Waals surface area contributed by atoms with Gasteiger partial charge in [0.1, 0.15) is 0 Å². The molecule has 3 aromatic rings. The maximum atomic E-state index is 13.2. The van der Waals surface area contributed by atoms with E-state index in [0.29, 0.717) is 17.5 Å². The van der Waals surface area contributed by atoms with Gasteiger partial charge >= 0.3 is 0 Å². The molecule has 1 aliphatic carbocycles. The van der Waals surface area contributed by atoms with E-state index >= 15 is 0 Å². The molecular formula is C27H31N5O3. The van der Waals surface area contributed by atoms with Gasteiger partial charge in [0, 0.05) is 36.1 Å². The standard InChI is InChI=1S/C27H31N5O3/c33-26-21-6-2-1-5-20(21)24(29-30-26)18-9-11-19(12-10-18)28-27(34)25-22-7-3-4-8-23(22)32(31-25)15-17-13-14-35-16-17/h3-4,7-12,17,20-21,24,29H,1-2,5-6,13-16H2,(H,28,34)(H,30,33). The summed E-state index contributed by atoms with van der Waals surface area (Å²) >= 11 is 0. The quantitative estimate of drug-likeness (QED) is 0.524. The number of nitrogens with zero attached hydrogens (tertiary/aromatic N) is 2. The Labute approximate surface area is 204 Å². The first-order chi connectivity index (χ1) is 17.2. The summed E-state index contributed by atoms with van der Waals surface area (Å²) in [7, 11) is 0. The summed E-state index contributed by atoms with van der Waals surface area (Å²) in [5, 5.41) is 8.57. The first-order valence-electron chi connectivity index (χ1n) is 12.7. The predicted molar refractivity (Wildman–Crippen MR) is 133 cm³/mol. The summed E-state index contributed by atoms with van der Waals surface area (Å²) in [4.78, 5) is 25.5. The second-order valence-corrected chi connectivity index (χ2v) is 10.0. The van der Waals surface area contributed by atoms with Crippen LogP contribution in [0.25, 0.3) is 10.9 Å². The second kappa shape index (κ2) is 9.43. The van der Waals surface area contributed by atoms with Crippen molar-refractivity contribution in [3.8, 4) is 0 Å². The minimum Gasteiger partial charge on any atom is -0.381 e. The number of hydrazine groups is 1. The van der Waals surface area contributed by atoms with Crippen molar-refractivity contribution in [3.05, 3.63) is 59.8 Å². The number of carbonyl (C=O) groups is 2. The fourth-order valence-electron chi connectivity index (χ4n) is 5.93. The number of hydrogen-bond donors (Lipinski definition) is 3. The fourth-order valence-corrected chi connectivity index (χ4v) is 5.93. The molecule has 3 fully saturated rings. The van der Waals surface area contributed by atoms with Crippen LogP contribution in [0, 0.1) is 17.8 Å². The van der Waals surface area contributed by atoms with Gasteiger partial charge in [-0.25, -0.2) is 5.43 Å². The van der Waals surface area contributed by atoms with E-state index in [9.17, 15) is 9.59 Å². The highest BCUT2D eigenvalue weighted by molar-refractivity contribution is 6.11. The van der Waals surface area contributed by atoms with Gasteiger partial charge in [-0.2, -0.15) is 5.10 Å². The zero-order valence-electron chi connectivity index (χ0n) is 19.7. The van der Waals surface area contributed by atoms with Crippen LogP contribution < -0.4 is 16.2 Å². The van der Waals surface area contributed by atoms with Crippen molar-refractivity contribution in [3.63, 3.8) is 0 Å². The number of benzene rings is 2. The number of anilines is 1. The van der Waals surface area contributed by atoms with Crippen molar-refractivity contribution < 1.29 is 14.3 Å². The minimum atomic E-state index is -0.217. The van der Waals surface area contributed by atoms with Crippen LogP contribution in [0.15, 0.2) is 48.5 Å². The van der Waals surface area contributed by atoms with Crippen molar-refractivity contribution in [1.29, 1.82) is 0 Å². The molecule has 2 aliphatic heterocycles. The van der Waals surface area contributed by atoms with E-state index in [2.05, 4.69) is 16.2 Å². The van der Waals surface area contributed by atoms with Gasteiger partial charge in [-0.1, -0.05) is 43.2 Å². The summed E-state index contributed by atoms with van der Waals surface area (Å²) < 4.78 is 7.46. The van der Waals surface area contributed by atoms with Gasteiger partial charge in [0.25, 0.3) is 5.91 Å². The number of carbonyl (C=O) groups excluding carboxylic acids is 2. The topological polar surface area (TPSA) is 97.3 Å². The molecule has 2 aromatic carbocycles. The van der Waals surface area contributed by atoms with Crippen molar-refractivity contribution in [2.45, 2.75) is 44.7 Å². The highest BCUT2D eigenvalue weighted by atomic mass is 16.5. The lowest BCUT2D eigenvalue weighted by molar-refractivity contribution is -0.133. The van der Waals surface area contributed by atoms with Crippen molar-refractivity contribution in [2.24, 2.45) is 17.8 Å². The minimum absolute atomic E-state index is 0.0774. The van der Waals surface area contributed by atoms with Crippen LogP contribution in [-0.4, -0.2) is 34.8 Å². The smallest absolute Gasteiger partial charge is 0.276 e. The molecule has 3 aliphatic rings. The van der Waals surface area contributed by atoms with Crippen LogP contribution in [0.4, 0.5) is 5.69 Å². The van der Waals surface area contributed by atoms with E-state index in [4.69, 9.17) is 9.84 Å². The summed E-state index contributed by atoms with van der Waals surface area (Å²) in [5.41, 5.74) is 9.32. The summed E-state index contributed by atoms with van der Waals surface area (Å²) in [6.07, 6.45) is 5.30. The number of amides is 2. The normalized spacial score (nSPS) is 26.3. The molecule has 182 valence electrons. The highest BCUT2D eigenvalue weighted by Gasteiger charge is 2.40. The van der Waals surface area contributed by atoms with Crippen molar-refractivity contribution in [2.75, 3.05) is 18.5 Å². The predicted octanol–water partition coefficient (Wildman–Crippen LogP) is 3.81. The van der Waals surface area contributed by atoms with Gasteiger partial charge in [0.05, 0.1) is 18.2 Å². The van der Waals surface area contributed by atoms with E-state index in [1.807, 2.05) is 53.2 Å². The Hall–Kier alpha value is -3.23. The number of hydrogen-bond acceptors (Lipinski definition) is 5. The molecule has 4 atom stereocenters. The van der Waals surface area contributed by atoms with E-state index < -0.39 is 0 Å². The number of nitrogens with one attached hydrogen (secondary N) is 3. The molecule has 2 saturated heterocycles. The fraction of sp³-hybridized carbons (Fsp3) is 0.444. The average Bonchev–Trinajstić information content (AvgIpc) is 3.54. The highest BCUT2D eigenvalue weighted by Crippen LogP contribution is 2.40. The Morgan fingerprint density at radius 3 is 2.74 bits per heavy atom. The molecule has 1 aromatic heterocycles. The van der Waals surface area contributed by atoms with Gasteiger partial charge in [-0.3, -0.25) is 19.7 Å². The van der Waals surface area contributed by atoms with Crippen molar-refractivity contribution >= 4 is 28.4 Å². The maximum absolute atomic E-state index is 13.2. The Kier molecular flexibility index (Phi) is 6.00. The Bertz CT molecular complexity index is 1230. The first-order valence-corrected chi connectivity index (χ1v) is 12.7. The molecule has 8 heteroatoms. The lowest BCUT2D eigenvalue weighted by atomic mass is 9.72. The number of rotatable bonds is 5. The lowest BCUT2D eigenvalue weighted by Crippen LogP contribution is -2.55. The summed E-state index contributed by atoms with van der Waals surface area (Å²) in [5.74, 6) is 0.698. The molecule has 0 bridgehead atoms. The van der Waals surface area contributed by atoms with Crippen LogP contribution in [0.3, 0.4) is 0 Å². The van der Waals surface area contributed by atoms with Crippen LogP contribution in [0.5, 0.6) is 0 Å². The second-order valence-electron chi connectivity index (χ2n) is 10.0. The molecule has 3 N–H and O–H groups in total. The van der Waals surface area contributed by atoms with E-state index in [1.54, 1.807) is 0 Å². The molecule has 8 nitrogen and oxygen atoms in total. The number of aromatic nitrogens is 2. The molecule has 0 spiro atoms. The Balaban J connectivity index is 1.19. The Morgan fingerprint density at radius 2 is 1.91 bits per heavy atom. The SMILES string of the molecule is O=C(Nc1ccc(C2NNC(=O)C3CCCCC32)cc1)c1nn(CC2CCOC2)c2ccccc12. The Morgan fingerprint density at radius 1 is 1.09 bits per heavy atom.